The van der Waals surface area contributed by atoms with Gasteiger partial charge in [-0.15, -0.1) is 0 Å². The second kappa shape index (κ2) is 7.93. The van der Waals surface area contributed by atoms with Gasteiger partial charge in [-0.1, -0.05) is 12.1 Å². The first-order chi connectivity index (χ1) is 13.7. The summed E-state index contributed by atoms with van der Waals surface area (Å²) in [7, 11) is 3.68. The summed E-state index contributed by atoms with van der Waals surface area (Å²) in [6.07, 6.45) is 4.46. The summed E-state index contributed by atoms with van der Waals surface area (Å²) >= 11 is 0. The molecule has 28 heavy (non-hydrogen) atoms. The summed E-state index contributed by atoms with van der Waals surface area (Å²) in [5.74, 6) is 0.759. The number of likely N-dealkylation sites (tertiary alicyclic amines) is 1. The number of fused-ring (bicyclic) bond motifs is 1. The lowest BCUT2D eigenvalue weighted by molar-refractivity contribution is 0.0949. The van der Waals surface area contributed by atoms with Gasteiger partial charge in [0.15, 0.2) is 5.65 Å². The van der Waals surface area contributed by atoms with Crippen LogP contribution in [-0.2, 0) is 6.54 Å². The molecule has 1 N–H and O–H groups in total. The van der Waals surface area contributed by atoms with Gasteiger partial charge in [0.2, 0.25) is 0 Å². The molecule has 1 saturated heterocycles. The number of carbonyl (C=O) groups is 1. The average molecular weight is 380 g/mol. The maximum Gasteiger partial charge on any atom is 0.255 e. The van der Waals surface area contributed by atoms with Gasteiger partial charge < -0.3 is 15.0 Å². The number of likely N-dealkylation sites (N-methyl/N-ethyl adjacent to an activating group) is 1. The van der Waals surface area contributed by atoms with Gasteiger partial charge >= 0.3 is 0 Å². The molecule has 0 aliphatic carbocycles. The molecule has 3 heterocycles. The van der Waals surface area contributed by atoms with E-state index in [-0.39, 0.29) is 5.91 Å². The van der Waals surface area contributed by atoms with Crippen LogP contribution < -0.4 is 10.1 Å². The number of para-hydroxylation sites is 1. The van der Waals surface area contributed by atoms with Gasteiger partial charge in [-0.3, -0.25) is 4.79 Å². The quantitative estimate of drug-likeness (QED) is 0.700. The van der Waals surface area contributed by atoms with E-state index in [1.807, 2.05) is 16.8 Å². The van der Waals surface area contributed by atoms with E-state index in [2.05, 4.69) is 27.2 Å². The Balaban J connectivity index is 1.49. The summed E-state index contributed by atoms with van der Waals surface area (Å²) in [4.78, 5) is 23.8. The molecule has 0 saturated carbocycles. The molecule has 8 nitrogen and oxygen atoms in total. The normalized spacial score (nSPS) is 17.1. The maximum absolute atomic E-state index is 12.5. The van der Waals surface area contributed by atoms with Crippen LogP contribution >= 0.6 is 0 Å². The standard InChI is InChI=1S/C20H24N6O2/c1-25-11-7-14(13-25)17-18-19(22-9-8-21-18)26(24-17)12-10-23-20(27)15-5-3-4-6-16(15)28-2/h3-6,8-9,14H,7,10-13H2,1-2H3,(H,23,27)/t14-/m0/s1. The number of ether oxygens (including phenoxy) is 1. The van der Waals surface area contributed by atoms with Crippen molar-refractivity contribution in [1.29, 1.82) is 0 Å². The third-order valence-corrected chi connectivity index (χ3v) is 5.13. The molecular formula is C20H24N6O2. The molecule has 1 amide bonds. The third-order valence-electron chi connectivity index (χ3n) is 5.13. The topological polar surface area (TPSA) is 85.2 Å². The van der Waals surface area contributed by atoms with Crippen molar-refractivity contribution >= 4 is 17.1 Å². The van der Waals surface area contributed by atoms with E-state index in [9.17, 15) is 4.79 Å². The average Bonchev–Trinajstić information content (AvgIpc) is 3.31. The molecule has 0 bridgehead atoms. The van der Waals surface area contributed by atoms with Gasteiger partial charge in [0.1, 0.15) is 11.3 Å². The van der Waals surface area contributed by atoms with Gasteiger partial charge in [0.25, 0.3) is 5.91 Å². The van der Waals surface area contributed by atoms with Crippen LogP contribution in [0.25, 0.3) is 11.2 Å². The predicted octanol–water partition coefficient (Wildman–Crippen LogP) is 1.68. The molecule has 0 radical (unpaired) electrons. The molecular weight excluding hydrogens is 356 g/mol. The van der Waals surface area contributed by atoms with Crippen molar-refractivity contribution in [2.45, 2.75) is 18.9 Å². The Hall–Kier alpha value is -3.00. The Morgan fingerprint density at radius 3 is 2.89 bits per heavy atom. The molecule has 2 aromatic heterocycles. The number of rotatable bonds is 6. The first-order valence-electron chi connectivity index (χ1n) is 9.44. The first-order valence-corrected chi connectivity index (χ1v) is 9.44. The van der Waals surface area contributed by atoms with Gasteiger partial charge in [0, 0.05) is 31.4 Å². The van der Waals surface area contributed by atoms with E-state index in [0.717, 1.165) is 36.4 Å². The van der Waals surface area contributed by atoms with Crippen LogP contribution in [0.15, 0.2) is 36.7 Å². The Kier molecular flexibility index (Phi) is 5.21. The second-order valence-electron chi connectivity index (χ2n) is 7.04. The van der Waals surface area contributed by atoms with Gasteiger partial charge in [-0.2, -0.15) is 5.10 Å². The number of methoxy groups -OCH3 is 1. The minimum absolute atomic E-state index is 0.169. The van der Waals surface area contributed by atoms with E-state index in [4.69, 9.17) is 9.84 Å². The molecule has 1 atom stereocenters. The molecule has 146 valence electrons. The molecule has 1 aliphatic heterocycles. The highest BCUT2D eigenvalue weighted by atomic mass is 16.5. The van der Waals surface area contributed by atoms with Crippen molar-refractivity contribution < 1.29 is 9.53 Å². The minimum atomic E-state index is -0.169. The van der Waals surface area contributed by atoms with Gasteiger partial charge in [0.05, 0.1) is 24.9 Å². The Morgan fingerprint density at radius 2 is 2.11 bits per heavy atom. The molecule has 1 aliphatic rings. The molecule has 0 spiro atoms. The second-order valence-corrected chi connectivity index (χ2v) is 7.04. The fourth-order valence-electron chi connectivity index (χ4n) is 3.72. The minimum Gasteiger partial charge on any atom is -0.496 e. The molecule has 8 heteroatoms. The van der Waals surface area contributed by atoms with E-state index in [1.165, 1.54) is 0 Å². The van der Waals surface area contributed by atoms with Crippen LogP contribution in [0, 0.1) is 0 Å². The highest BCUT2D eigenvalue weighted by molar-refractivity contribution is 5.96. The van der Waals surface area contributed by atoms with Crippen LogP contribution in [0.5, 0.6) is 5.75 Å². The van der Waals surface area contributed by atoms with Crippen LogP contribution in [0.2, 0.25) is 0 Å². The fourth-order valence-corrected chi connectivity index (χ4v) is 3.72. The Morgan fingerprint density at radius 1 is 1.29 bits per heavy atom. The zero-order valence-corrected chi connectivity index (χ0v) is 16.1. The van der Waals surface area contributed by atoms with Crippen molar-refractivity contribution in [2.24, 2.45) is 0 Å². The molecule has 4 rings (SSSR count). The Bertz CT molecular complexity index is 986. The Labute approximate surface area is 163 Å². The zero-order chi connectivity index (χ0) is 19.5. The monoisotopic (exact) mass is 380 g/mol. The van der Waals surface area contributed by atoms with Gasteiger partial charge in [-0.25, -0.2) is 14.6 Å². The highest BCUT2D eigenvalue weighted by Gasteiger charge is 2.27. The van der Waals surface area contributed by atoms with Crippen molar-refractivity contribution in [2.75, 3.05) is 33.8 Å². The lowest BCUT2D eigenvalue weighted by atomic mass is 10.0. The number of benzene rings is 1. The number of aromatic nitrogens is 4. The van der Waals surface area contributed by atoms with E-state index < -0.39 is 0 Å². The number of amides is 1. The summed E-state index contributed by atoms with van der Waals surface area (Å²) in [6.45, 7) is 3.01. The van der Waals surface area contributed by atoms with E-state index >= 15 is 0 Å². The fraction of sp³-hybridized carbons (Fsp3) is 0.400. The highest BCUT2D eigenvalue weighted by Crippen LogP contribution is 2.29. The maximum atomic E-state index is 12.5. The summed E-state index contributed by atoms with van der Waals surface area (Å²) < 4.78 is 7.10. The van der Waals surface area contributed by atoms with Crippen molar-refractivity contribution in [3.63, 3.8) is 0 Å². The largest absolute Gasteiger partial charge is 0.496 e. The van der Waals surface area contributed by atoms with E-state index in [1.54, 1.807) is 31.6 Å². The molecule has 0 unspecified atom stereocenters. The van der Waals surface area contributed by atoms with Crippen LogP contribution in [-0.4, -0.2) is 64.3 Å². The number of nitrogens with one attached hydrogen (secondary N) is 1. The predicted molar refractivity (Wildman–Crippen MR) is 106 cm³/mol. The van der Waals surface area contributed by atoms with Crippen LogP contribution in [0.1, 0.15) is 28.4 Å². The SMILES string of the molecule is COc1ccccc1C(=O)NCCn1nc([C@H]2CCN(C)C2)c2nccnc21. The van der Waals surface area contributed by atoms with E-state index in [0.29, 0.717) is 30.3 Å². The first kappa shape index (κ1) is 18.4. The summed E-state index contributed by atoms with van der Waals surface area (Å²) in [5.41, 5.74) is 3.14. The number of carbonyl (C=O) groups excluding carboxylic acids is 1. The molecule has 1 aromatic carbocycles. The van der Waals surface area contributed by atoms with Gasteiger partial charge in [-0.05, 0) is 32.1 Å². The van der Waals surface area contributed by atoms with Crippen LogP contribution in [0.4, 0.5) is 0 Å². The van der Waals surface area contributed by atoms with Crippen LogP contribution in [0.3, 0.4) is 0 Å². The third kappa shape index (κ3) is 3.55. The number of hydrogen-bond acceptors (Lipinski definition) is 6. The van der Waals surface area contributed by atoms with Crippen molar-refractivity contribution in [3.05, 3.63) is 47.9 Å². The van der Waals surface area contributed by atoms with Crippen molar-refractivity contribution in [3.8, 4) is 5.75 Å². The summed E-state index contributed by atoms with van der Waals surface area (Å²) in [5, 5.41) is 7.73. The van der Waals surface area contributed by atoms with Crippen molar-refractivity contribution in [1.82, 2.24) is 30.0 Å². The molecule has 3 aromatic rings. The lowest BCUT2D eigenvalue weighted by Crippen LogP contribution is -2.28. The molecule has 1 fully saturated rings. The number of nitrogens with zero attached hydrogens (tertiary/aromatic N) is 5. The smallest absolute Gasteiger partial charge is 0.255 e. The summed E-state index contributed by atoms with van der Waals surface area (Å²) in [6, 6.07) is 7.18. The lowest BCUT2D eigenvalue weighted by Gasteiger charge is -2.09. The number of hydrogen-bond donors (Lipinski definition) is 1. The zero-order valence-electron chi connectivity index (χ0n) is 16.1.